The average Bonchev–Trinajstić information content (AvgIpc) is 2.24. The quantitative estimate of drug-likeness (QED) is 0.835. The van der Waals surface area contributed by atoms with E-state index in [1.807, 2.05) is 12.1 Å². The molecule has 0 fully saturated rings. The first-order valence-corrected chi connectivity index (χ1v) is 5.80. The third kappa shape index (κ3) is 4.96. The minimum Gasteiger partial charge on any atom is -0.313 e. The highest BCUT2D eigenvalue weighted by Gasteiger charge is 2.26. The van der Waals surface area contributed by atoms with Gasteiger partial charge in [0.15, 0.2) is 0 Å². The van der Waals surface area contributed by atoms with Gasteiger partial charge in [0.25, 0.3) is 0 Å². The monoisotopic (exact) mass is 265 g/mol. The maximum absolute atomic E-state index is 12.0. The van der Waals surface area contributed by atoms with Crippen LogP contribution in [0.3, 0.4) is 0 Å². The van der Waals surface area contributed by atoms with Gasteiger partial charge in [-0.05, 0) is 31.5 Å². The molecule has 1 nitrogen and oxygen atoms in total. The van der Waals surface area contributed by atoms with Crippen LogP contribution >= 0.6 is 11.6 Å². The smallest absolute Gasteiger partial charge is 0.313 e. The first-order valence-electron chi connectivity index (χ1n) is 5.42. The van der Waals surface area contributed by atoms with Crippen LogP contribution in [0, 0.1) is 0 Å². The molecule has 0 saturated carbocycles. The molecule has 0 aliphatic rings. The molecule has 1 atom stereocenters. The van der Waals surface area contributed by atoms with Gasteiger partial charge in [0.2, 0.25) is 0 Å². The van der Waals surface area contributed by atoms with Crippen molar-refractivity contribution in [3.63, 3.8) is 0 Å². The van der Waals surface area contributed by atoms with Crippen LogP contribution in [-0.4, -0.2) is 13.2 Å². The number of halogens is 4. The largest absolute Gasteiger partial charge is 0.389 e. The Labute approximate surface area is 104 Å². The molecular weight excluding hydrogens is 251 g/mol. The second-order valence-electron chi connectivity index (χ2n) is 3.87. The Bertz CT molecular complexity index is 352. The number of hydrogen-bond acceptors (Lipinski definition) is 1. The molecule has 5 heteroatoms. The van der Waals surface area contributed by atoms with E-state index >= 15 is 0 Å². The lowest BCUT2D eigenvalue weighted by Gasteiger charge is -2.18. The molecule has 1 N–H and O–H groups in total. The van der Waals surface area contributed by atoms with Crippen molar-refractivity contribution in [1.82, 2.24) is 5.32 Å². The topological polar surface area (TPSA) is 12.0 Å². The van der Waals surface area contributed by atoms with Gasteiger partial charge >= 0.3 is 6.18 Å². The predicted octanol–water partition coefficient (Wildman–Crippen LogP) is 4.33. The van der Waals surface area contributed by atoms with Crippen LogP contribution in [-0.2, 0) is 0 Å². The second-order valence-corrected chi connectivity index (χ2v) is 4.28. The van der Waals surface area contributed by atoms with Crippen molar-refractivity contribution in [1.29, 1.82) is 0 Å². The van der Waals surface area contributed by atoms with Crippen molar-refractivity contribution in [3.05, 3.63) is 34.9 Å². The number of hydrogen-bond donors (Lipinski definition) is 1. The fraction of sp³-hybridized carbons (Fsp3) is 0.500. The Morgan fingerprint density at radius 2 is 1.94 bits per heavy atom. The predicted molar refractivity (Wildman–Crippen MR) is 63.2 cm³/mol. The molecule has 0 aliphatic carbocycles. The van der Waals surface area contributed by atoms with Crippen LogP contribution in [0.1, 0.15) is 30.9 Å². The van der Waals surface area contributed by atoms with Crippen LogP contribution in [0.5, 0.6) is 0 Å². The normalized spacial score (nSPS) is 13.7. The fourth-order valence-electron chi connectivity index (χ4n) is 1.72. The molecule has 1 aromatic rings. The standard InChI is InChI=1S/C12H15ClF3N/c1-17-11(7-4-8-12(14,15)16)9-5-2-3-6-10(9)13/h2-3,5-6,11,17H,4,7-8H2,1H3. The molecule has 0 bridgehead atoms. The molecule has 0 radical (unpaired) electrons. The SMILES string of the molecule is CNC(CCCC(F)(F)F)c1ccccc1Cl. The lowest BCUT2D eigenvalue weighted by atomic mass is 10.0. The van der Waals surface area contributed by atoms with E-state index in [-0.39, 0.29) is 12.5 Å². The Morgan fingerprint density at radius 1 is 1.29 bits per heavy atom. The van der Waals surface area contributed by atoms with E-state index < -0.39 is 12.6 Å². The first kappa shape index (κ1) is 14.3. The maximum atomic E-state index is 12.0. The van der Waals surface area contributed by atoms with Gasteiger partial charge in [-0.2, -0.15) is 13.2 Å². The van der Waals surface area contributed by atoms with Gasteiger partial charge in [-0.15, -0.1) is 0 Å². The molecule has 0 aromatic heterocycles. The van der Waals surface area contributed by atoms with Gasteiger partial charge in [0.05, 0.1) is 0 Å². The zero-order chi connectivity index (χ0) is 12.9. The number of nitrogens with one attached hydrogen (secondary N) is 1. The van der Waals surface area contributed by atoms with Crippen LogP contribution in [0.4, 0.5) is 13.2 Å². The highest BCUT2D eigenvalue weighted by Crippen LogP contribution is 2.29. The molecule has 0 spiro atoms. The minimum atomic E-state index is -4.08. The Balaban J connectivity index is 2.58. The summed E-state index contributed by atoms with van der Waals surface area (Å²) in [5, 5.41) is 3.58. The second kappa shape index (κ2) is 6.26. The molecular formula is C12H15ClF3N. The van der Waals surface area contributed by atoms with Crippen molar-refractivity contribution in [3.8, 4) is 0 Å². The first-order chi connectivity index (χ1) is 7.94. The Kier molecular flexibility index (Phi) is 5.28. The lowest BCUT2D eigenvalue weighted by molar-refractivity contribution is -0.135. The van der Waals surface area contributed by atoms with Gasteiger partial charge in [-0.3, -0.25) is 0 Å². The highest BCUT2D eigenvalue weighted by atomic mass is 35.5. The summed E-state index contributed by atoms with van der Waals surface area (Å²) in [6.07, 6.45) is -4.33. The molecule has 0 amide bonds. The van der Waals surface area contributed by atoms with Gasteiger partial charge in [-0.25, -0.2) is 0 Å². The van der Waals surface area contributed by atoms with E-state index in [0.717, 1.165) is 5.56 Å². The van der Waals surface area contributed by atoms with E-state index in [9.17, 15) is 13.2 Å². The van der Waals surface area contributed by atoms with Crippen LogP contribution < -0.4 is 5.32 Å². The molecule has 0 aliphatic heterocycles. The van der Waals surface area contributed by atoms with Crippen LogP contribution in [0.25, 0.3) is 0 Å². The van der Waals surface area contributed by atoms with Crippen LogP contribution in [0.2, 0.25) is 5.02 Å². The number of rotatable bonds is 5. The van der Waals surface area contributed by atoms with E-state index in [1.165, 1.54) is 0 Å². The molecule has 0 saturated heterocycles. The van der Waals surface area contributed by atoms with E-state index in [2.05, 4.69) is 5.32 Å². The van der Waals surface area contributed by atoms with E-state index in [4.69, 9.17) is 11.6 Å². The molecule has 1 aromatic carbocycles. The van der Waals surface area contributed by atoms with Crippen molar-refractivity contribution < 1.29 is 13.2 Å². The van der Waals surface area contributed by atoms with Crippen molar-refractivity contribution in [2.45, 2.75) is 31.5 Å². The third-order valence-corrected chi connectivity index (χ3v) is 2.93. The molecule has 1 unspecified atom stereocenters. The summed E-state index contributed by atoms with van der Waals surface area (Å²) in [7, 11) is 1.72. The summed E-state index contributed by atoms with van der Waals surface area (Å²) in [4.78, 5) is 0. The van der Waals surface area contributed by atoms with Crippen molar-refractivity contribution >= 4 is 11.6 Å². The molecule has 96 valence electrons. The van der Waals surface area contributed by atoms with Crippen molar-refractivity contribution in [2.75, 3.05) is 7.05 Å². The number of alkyl halides is 3. The number of benzene rings is 1. The maximum Gasteiger partial charge on any atom is 0.389 e. The summed E-state index contributed by atoms with van der Waals surface area (Å²) in [5.74, 6) is 0. The zero-order valence-corrected chi connectivity index (χ0v) is 10.3. The summed E-state index contributed by atoms with van der Waals surface area (Å²) in [6.45, 7) is 0. The fourth-order valence-corrected chi connectivity index (χ4v) is 1.99. The Hall–Kier alpha value is -0.740. The van der Waals surface area contributed by atoms with Gasteiger partial charge in [0, 0.05) is 17.5 Å². The summed E-state index contributed by atoms with van der Waals surface area (Å²) < 4.78 is 36.1. The van der Waals surface area contributed by atoms with Gasteiger partial charge in [0.1, 0.15) is 0 Å². The lowest BCUT2D eigenvalue weighted by Crippen LogP contribution is -2.18. The van der Waals surface area contributed by atoms with Crippen LogP contribution in [0.15, 0.2) is 24.3 Å². The highest BCUT2D eigenvalue weighted by molar-refractivity contribution is 6.31. The zero-order valence-electron chi connectivity index (χ0n) is 9.52. The molecule has 1 rings (SSSR count). The van der Waals surface area contributed by atoms with Gasteiger partial charge < -0.3 is 5.32 Å². The molecule has 17 heavy (non-hydrogen) atoms. The van der Waals surface area contributed by atoms with E-state index in [1.54, 1.807) is 19.2 Å². The third-order valence-electron chi connectivity index (χ3n) is 2.58. The minimum absolute atomic E-state index is 0.0975. The average molecular weight is 266 g/mol. The molecule has 0 heterocycles. The van der Waals surface area contributed by atoms with Crippen molar-refractivity contribution in [2.24, 2.45) is 0 Å². The summed E-state index contributed by atoms with van der Waals surface area (Å²) >= 11 is 6.00. The van der Waals surface area contributed by atoms with E-state index in [0.29, 0.717) is 11.4 Å². The summed E-state index contributed by atoms with van der Waals surface area (Å²) in [6, 6.07) is 7.07. The Morgan fingerprint density at radius 3 is 2.47 bits per heavy atom. The van der Waals surface area contributed by atoms with Gasteiger partial charge in [-0.1, -0.05) is 29.8 Å². The summed E-state index contributed by atoms with van der Waals surface area (Å²) in [5.41, 5.74) is 0.846.